The maximum Gasteiger partial charge on any atom is 0.273 e. The molecule has 7 nitrogen and oxygen atoms in total. The average molecular weight is 481 g/mol. The molecule has 0 spiro atoms. The van der Waals surface area contributed by atoms with E-state index in [4.69, 9.17) is 0 Å². The number of hydrogen-bond donors (Lipinski definition) is 3. The van der Waals surface area contributed by atoms with Crippen molar-refractivity contribution in [2.24, 2.45) is 23.2 Å². The van der Waals surface area contributed by atoms with Crippen molar-refractivity contribution >= 4 is 22.7 Å². The molecular weight excluding hydrogens is 449 g/mol. The van der Waals surface area contributed by atoms with Crippen molar-refractivity contribution in [2.45, 2.75) is 58.5 Å². The van der Waals surface area contributed by atoms with Gasteiger partial charge in [0.1, 0.15) is 17.4 Å². The van der Waals surface area contributed by atoms with E-state index in [9.17, 15) is 27.9 Å². The highest BCUT2D eigenvalue weighted by Crippen LogP contribution is 2.43. The Morgan fingerprint density at radius 2 is 1.97 bits per heavy atom. The summed E-state index contributed by atoms with van der Waals surface area (Å²) in [6, 6.07) is 3.37. The molecule has 2 saturated carbocycles. The number of nitrogens with one attached hydrogen (secondary N) is 2. The van der Waals surface area contributed by atoms with Gasteiger partial charge in [-0.15, -0.1) is 0 Å². The molecule has 2 aliphatic rings. The number of carbonyl (C=O) groups is 2. The van der Waals surface area contributed by atoms with Crippen molar-refractivity contribution in [3.8, 4) is 0 Å². The summed E-state index contributed by atoms with van der Waals surface area (Å²) >= 11 is 0. The summed E-state index contributed by atoms with van der Waals surface area (Å²) in [6.45, 7) is 6.04. The van der Waals surface area contributed by atoms with E-state index in [0.717, 1.165) is 6.42 Å². The minimum absolute atomic E-state index is 0.0508. The lowest BCUT2D eigenvalue weighted by Gasteiger charge is -2.34. The summed E-state index contributed by atoms with van der Waals surface area (Å²) in [5.41, 5.74) is -0.588. The summed E-state index contributed by atoms with van der Waals surface area (Å²) in [4.78, 5) is 26.1. The summed E-state index contributed by atoms with van der Waals surface area (Å²) < 4.78 is 42.5. The maximum absolute atomic E-state index is 14.6. The number of para-hydroxylation sites is 1. The van der Waals surface area contributed by atoms with Gasteiger partial charge in [0.15, 0.2) is 5.69 Å². The second-order valence-electron chi connectivity index (χ2n) is 10.8. The Morgan fingerprint density at radius 3 is 2.56 bits per heavy atom. The smallest absolute Gasteiger partial charge is 0.273 e. The molecule has 2 aliphatic carbocycles. The molecule has 0 aliphatic heterocycles. The third kappa shape index (κ3) is 5.06. The zero-order valence-corrected chi connectivity index (χ0v) is 19.6. The molecule has 3 atom stereocenters. The van der Waals surface area contributed by atoms with Gasteiger partial charge in [-0.05, 0) is 35.7 Å². The van der Waals surface area contributed by atoms with Crippen LogP contribution in [0.1, 0.15) is 50.5 Å². The summed E-state index contributed by atoms with van der Waals surface area (Å²) in [5.74, 6) is -4.22. The van der Waals surface area contributed by atoms with E-state index in [1.165, 1.54) is 16.8 Å². The monoisotopic (exact) mass is 480 g/mol. The van der Waals surface area contributed by atoms with Gasteiger partial charge in [0.2, 0.25) is 11.8 Å². The zero-order chi connectivity index (χ0) is 24.8. The van der Waals surface area contributed by atoms with Gasteiger partial charge in [-0.1, -0.05) is 32.9 Å². The fraction of sp³-hybridized carbons (Fsp3) is 0.625. The largest absolute Gasteiger partial charge is 0.396 e. The first kappa shape index (κ1) is 24.5. The highest BCUT2D eigenvalue weighted by molar-refractivity contribution is 6.06. The highest BCUT2D eigenvalue weighted by atomic mass is 19.3. The second kappa shape index (κ2) is 8.87. The van der Waals surface area contributed by atoms with E-state index in [1.54, 1.807) is 6.07 Å². The van der Waals surface area contributed by atoms with Gasteiger partial charge in [-0.25, -0.2) is 13.2 Å². The number of aliphatic hydroxyl groups is 1. The van der Waals surface area contributed by atoms with Crippen LogP contribution in [0.15, 0.2) is 18.2 Å². The summed E-state index contributed by atoms with van der Waals surface area (Å²) in [7, 11) is 0. The van der Waals surface area contributed by atoms with Crippen LogP contribution in [0.5, 0.6) is 0 Å². The van der Waals surface area contributed by atoms with E-state index in [0.29, 0.717) is 6.54 Å². The van der Waals surface area contributed by atoms with Crippen LogP contribution >= 0.6 is 0 Å². The molecule has 2 fully saturated rings. The molecule has 1 aromatic heterocycles. The minimum atomic E-state index is -2.71. The molecule has 0 saturated heterocycles. The lowest BCUT2D eigenvalue weighted by Crippen LogP contribution is -2.54. The van der Waals surface area contributed by atoms with Crippen LogP contribution in [0.3, 0.4) is 0 Å². The Bertz CT molecular complexity index is 1090. The summed E-state index contributed by atoms with van der Waals surface area (Å²) in [5, 5.41) is 19.3. The van der Waals surface area contributed by atoms with Gasteiger partial charge >= 0.3 is 0 Å². The molecule has 0 bridgehead atoms. The predicted octanol–water partition coefficient (Wildman–Crippen LogP) is 3.11. The van der Waals surface area contributed by atoms with Crippen molar-refractivity contribution < 1.29 is 27.9 Å². The number of alkyl halides is 2. The molecule has 2 aromatic rings. The van der Waals surface area contributed by atoms with Crippen LogP contribution < -0.4 is 10.6 Å². The predicted molar refractivity (Wildman–Crippen MR) is 120 cm³/mol. The molecule has 4 rings (SSSR count). The fourth-order valence-corrected chi connectivity index (χ4v) is 4.64. The van der Waals surface area contributed by atoms with Crippen molar-refractivity contribution in [1.82, 2.24) is 20.4 Å². The molecule has 1 aromatic carbocycles. The fourth-order valence-electron chi connectivity index (χ4n) is 4.64. The maximum atomic E-state index is 14.6. The molecule has 1 unspecified atom stereocenters. The highest BCUT2D eigenvalue weighted by Gasteiger charge is 2.45. The van der Waals surface area contributed by atoms with Gasteiger partial charge in [0, 0.05) is 37.9 Å². The standard InChI is InChI=1S/C24H31F3N4O3/c1-23(2,3)20(22(34)28-10-14-7-15(14)12-32)29-21(33)18-16-5-4-6-17(25)19(16)31(30-18)11-13-8-24(26,27)9-13/h4-6,13-15,20,32H,7-12H2,1-3H3,(H,28,34)(H,29,33)/t14-,15-,20?/m1/s1. The van der Waals surface area contributed by atoms with Gasteiger partial charge < -0.3 is 15.7 Å². The number of aromatic nitrogens is 2. The third-order valence-electron chi connectivity index (χ3n) is 6.79. The van der Waals surface area contributed by atoms with Gasteiger partial charge in [0.25, 0.3) is 5.91 Å². The Balaban J connectivity index is 1.53. The Kier molecular flexibility index (Phi) is 6.39. The number of benzene rings is 1. The molecular formula is C24H31F3N4O3. The first-order valence-corrected chi connectivity index (χ1v) is 11.6. The number of rotatable bonds is 8. The minimum Gasteiger partial charge on any atom is -0.396 e. The Hall–Kier alpha value is -2.62. The first-order chi connectivity index (χ1) is 15.9. The number of amides is 2. The molecule has 0 radical (unpaired) electrons. The number of hydrogen-bond acceptors (Lipinski definition) is 4. The second-order valence-corrected chi connectivity index (χ2v) is 10.8. The van der Waals surface area contributed by atoms with Crippen LogP contribution in [0.4, 0.5) is 13.2 Å². The Morgan fingerprint density at radius 1 is 1.26 bits per heavy atom. The third-order valence-corrected chi connectivity index (χ3v) is 6.79. The van der Waals surface area contributed by atoms with Crippen molar-refractivity contribution in [3.63, 3.8) is 0 Å². The molecule has 2 amide bonds. The van der Waals surface area contributed by atoms with E-state index in [1.807, 2.05) is 20.8 Å². The number of nitrogens with zero attached hydrogens (tertiary/aromatic N) is 2. The first-order valence-electron chi connectivity index (χ1n) is 11.6. The van der Waals surface area contributed by atoms with Crippen LogP contribution in [-0.4, -0.2) is 51.8 Å². The number of aliphatic hydroxyl groups excluding tert-OH is 1. The zero-order valence-electron chi connectivity index (χ0n) is 19.6. The quantitative estimate of drug-likeness (QED) is 0.541. The lowest BCUT2D eigenvalue weighted by molar-refractivity contribution is -0.125. The number of halogens is 3. The SMILES string of the molecule is CC(C)(C)C(NC(=O)c1nn(CC2CC(F)(F)C2)c2c(F)cccc12)C(=O)NC[C@H]1C[C@@H]1CO. The lowest BCUT2D eigenvalue weighted by atomic mass is 9.81. The molecule has 10 heteroatoms. The van der Waals surface area contributed by atoms with Crippen LogP contribution in [0.2, 0.25) is 0 Å². The number of fused-ring (bicyclic) bond motifs is 1. The van der Waals surface area contributed by atoms with Crippen LogP contribution in [0.25, 0.3) is 10.9 Å². The number of carbonyl (C=O) groups excluding carboxylic acids is 2. The van der Waals surface area contributed by atoms with E-state index in [2.05, 4.69) is 15.7 Å². The summed E-state index contributed by atoms with van der Waals surface area (Å²) in [6.07, 6.45) is 0.259. The Labute approximate surface area is 196 Å². The van der Waals surface area contributed by atoms with Crippen molar-refractivity contribution in [1.29, 1.82) is 0 Å². The van der Waals surface area contributed by atoms with Crippen LogP contribution in [-0.2, 0) is 11.3 Å². The van der Waals surface area contributed by atoms with Gasteiger partial charge in [-0.3, -0.25) is 14.3 Å². The van der Waals surface area contributed by atoms with Gasteiger partial charge in [-0.2, -0.15) is 5.10 Å². The molecule has 186 valence electrons. The molecule has 1 heterocycles. The van der Waals surface area contributed by atoms with Crippen LogP contribution in [0, 0.1) is 29.0 Å². The molecule has 3 N–H and O–H groups in total. The van der Waals surface area contributed by atoms with Crippen molar-refractivity contribution in [3.05, 3.63) is 29.7 Å². The van der Waals surface area contributed by atoms with E-state index < -0.39 is 29.1 Å². The van der Waals surface area contributed by atoms with Gasteiger partial charge in [0.05, 0.1) is 0 Å². The van der Waals surface area contributed by atoms with E-state index in [-0.39, 0.29) is 66.3 Å². The topological polar surface area (TPSA) is 96.2 Å². The molecule has 34 heavy (non-hydrogen) atoms. The van der Waals surface area contributed by atoms with E-state index >= 15 is 0 Å². The van der Waals surface area contributed by atoms with Crippen molar-refractivity contribution in [2.75, 3.05) is 13.2 Å². The normalized spacial score (nSPS) is 22.8. The average Bonchev–Trinajstić information content (AvgIpc) is 3.40.